The molecule has 1 aliphatic heterocycles. The fourth-order valence-electron chi connectivity index (χ4n) is 4.05. The summed E-state index contributed by atoms with van der Waals surface area (Å²) in [5.74, 6) is 0.426. The Morgan fingerprint density at radius 3 is 2.67 bits per heavy atom. The molecule has 170 valence electrons. The van der Waals surface area contributed by atoms with Gasteiger partial charge < -0.3 is 9.47 Å². The Hall–Kier alpha value is -2.71. The average molecular weight is 482 g/mol. The Labute approximate surface area is 201 Å². The molecule has 0 radical (unpaired) electrons. The molecule has 1 aliphatic rings. The normalized spacial score (nSPS) is 14.6. The van der Waals surface area contributed by atoms with E-state index >= 15 is 0 Å². The highest BCUT2D eigenvalue weighted by molar-refractivity contribution is 7.22. The summed E-state index contributed by atoms with van der Waals surface area (Å²) in [5, 5.41) is 3.33. The number of methoxy groups -OCH3 is 1. The molecule has 0 unspecified atom stereocenters. The van der Waals surface area contributed by atoms with Gasteiger partial charge >= 0.3 is 0 Å². The lowest BCUT2D eigenvalue weighted by atomic mass is 10.0. The molecule has 3 aromatic carbocycles. The minimum atomic E-state index is -0.129. The van der Waals surface area contributed by atoms with Gasteiger partial charge in [0.05, 0.1) is 36.1 Å². The van der Waals surface area contributed by atoms with Gasteiger partial charge in [-0.2, -0.15) is 0 Å². The molecule has 4 aromatic rings. The number of rotatable bonds is 6. The van der Waals surface area contributed by atoms with Crippen molar-refractivity contribution in [2.75, 3.05) is 51.4 Å². The zero-order valence-corrected chi connectivity index (χ0v) is 19.9. The molecule has 8 heteroatoms. The van der Waals surface area contributed by atoms with E-state index in [0.29, 0.717) is 41.2 Å². The van der Waals surface area contributed by atoms with Crippen molar-refractivity contribution in [3.63, 3.8) is 0 Å². The number of aromatic nitrogens is 1. The molecular formula is C25H24ClN3O3S. The van der Waals surface area contributed by atoms with E-state index in [9.17, 15) is 4.79 Å². The number of nitrogens with zero attached hydrogens (tertiary/aromatic N) is 3. The van der Waals surface area contributed by atoms with Crippen molar-refractivity contribution < 1.29 is 14.3 Å². The quantitative estimate of drug-likeness (QED) is 0.384. The molecular weight excluding hydrogens is 458 g/mol. The Balaban J connectivity index is 1.53. The number of thiazole rings is 1. The van der Waals surface area contributed by atoms with Crippen LogP contribution in [0.15, 0.2) is 54.6 Å². The van der Waals surface area contributed by atoms with Gasteiger partial charge in [-0.05, 0) is 41.1 Å². The van der Waals surface area contributed by atoms with Gasteiger partial charge in [-0.15, -0.1) is 0 Å². The van der Waals surface area contributed by atoms with E-state index in [-0.39, 0.29) is 5.91 Å². The molecule has 0 aliphatic carbocycles. The van der Waals surface area contributed by atoms with Gasteiger partial charge in [0.25, 0.3) is 5.91 Å². The molecule has 6 nitrogen and oxygen atoms in total. The largest absolute Gasteiger partial charge is 0.496 e. The number of anilines is 1. The second kappa shape index (κ2) is 9.65. The van der Waals surface area contributed by atoms with Gasteiger partial charge in [-0.25, -0.2) is 4.98 Å². The van der Waals surface area contributed by atoms with E-state index in [0.717, 1.165) is 40.6 Å². The van der Waals surface area contributed by atoms with Crippen LogP contribution in [0.5, 0.6) is 5.75 Å². The second-order valence-corrected chi connectivity index (χ2v) is 9.36. The van der Waals surface area contributed by atoms with Crippen molar-refractivity contribution in [3.8, 4) is 5.75 Å². The molecule has 33 heavy (non-hydrogen) atoms. The third-order valence-electron chi connectivity index (χ3n) is 5.86. The lowest BCUT2D eigenvalue weighted by Crippen LogP contribution is -2.43. The van der Waals surface area contributed by atoms with Crippen LogP contribution in [0.2, 0.25) is 5.02 Å². The number of fused-ring (bicyclic) bond motifs is 2. The predicted molar refractivity (Wildman–Crippen MR) is 134 cm³/mol. The number of carbonyl (C=O) groups excluding carboxylic acids is 1. The van der Waals surface area contributed by atoms with Gasteiger partial charge in [0.2, 0.25) is 0 Å². The minimum Gasteiger partial charge on any atom is -0.496 e. The lowest BCUT2D eigenvalue weighted by Gasteiger charge is -2.29. The summed E-state index contributed by atoms with van der Waals surface area (Å²) < 4.78 is 12.0. The van der Waals surface area contributed by atoms with Crippen molar-refractivity contribution in [1.29, 1.82) is 0 Å². The summed E-state index contributed by atoms with van der Waals surface area (Å²) in [6.45, 7) is 4.40. The van der Waals surface area contributed by atoms with Gasteiger partial charge in [0.1, 0.15) is 5.75 Å². The summed E-state index contributed by atoms with van der Waals surface area (Å²) in [4.78, 5) is 22.8. The summed E-state index contributed by atoms with van der Waals surface area (Å²) in [7, 11) is 1.60. The van der Waals surface area contributed by atoms with Gasteiger partial charge in [-0.1, -0.05) is 47.2 Å². The Bertz CT molecular complexity index is 1300. The van der Waals surface area contributed by atoms with Crippen molar-refractivity contribution in [3.05, 3.63) is 65.2 Å². The zero-order chi connectivity index (χ0) is 22.8. The van der Waals surface area contributed by atoms with E-state index in [2.05, 4.69) is 4.90 Å². The maximum absolute atomic E-state index is 13.9. The van der Waals surface area contributed by atoms with Crippen LogP contribution in [0.4, 0.5) is 5.13 Å². The molecule has 1 amide bonds. The molecule has 2 heterocycles. The van der Waals surface area contributed by atoms with Crippen LogP contribution in [-0.4, -0.2) is 62.3 Å². The first kappa shape index (κ1) is 22.1. The van der Waals surface area contributed by atoms with E-state index in [1.54, 1.807) is 12.0 Å². The van der Waals surface area contributed by atoms with Gasteiger partial charge in [0.15, 0.2) is 5.13 Å². The van der Waals surface area contributed by atoms with Crippen LogP contribution in [-0.2, 0) is 4.74 Å². The summed E-state index contributed by atoms with van der Waals surface area (Å²) >= 11 is 7.66. The molecule has 0 N–H and O–H groups in total. The topological polar surface area (TPSA) is 54.9 Å². The van der Waals surface area contributed by atoms with Crippen molar-refractivity contribution in [2.24, 2.45) is 0 Å². The third-order valence-corrected chi connectivity index (χ3v) is 7.13. The summed E-state index contributed by atoms with van der Waals surface area (Å²) in [6, 6.07) is 17.4. The maximum Gasteiger partial charge on any atom is 0.263 e. The first-order valence-corrected chi connectivity index (χ1v) is 12.1. The first-order chi connectivity index (χ1) is 16.1. The number of ether oxygens (including phenoxy) is 2. The molecule has 0 atom stereocenters. The van der Waals surface area contributed by atoms with Gasteiger partial charge in [-0.3, -0.25) is 14.6 Å². The van der Waals surface area contributed by atoms with Crippen LogP contribution >= 0.6 is 22.9 Å². The van der Waals surface area contributed by atoms with E-state index < -0.39 is 0 Å². The number of hydrogen-bond acceptors (Lipinski definition) is 6. The van der Waals surface area contributed by atoms with Crippen molar-refractivity contribution in [2.45, 2.75) is 0 Å². The van der Waals surface area contributed by atoms with Crippen LogP contribution in [0.1, 0.15) is 10.4 Å². The fourth-order valence-corrected chi connectivity index (χ4v) is 5.32. The summed E-state index contributed by atoms with van der Waals surface area (Å²) in [6.07, 6.45) is 0. The number of halogens is 1. The number of hydrogen-bond donors (Lipinski definition) is 0. The SMILES string of the molecule is COc1cc2ccccc2cc1C(=O)N(CCN1CCOCC1)c1nc2ccc(Cl)cc2s1. The van der Waals surface area contributed by atoms with Crippen molar-refractivity contribution in [1.82, 2.24) is 9.88 Å². The Morgan fingerprint density at radius 1 is 1.15 bits per heavy atom. The van der Waals surface area contributed by atoms with Crippen LogP contribution < -0.4 is 9.64 Å². The lowest BCUT2D eigenvalue weighted by molar-refractivity contribution is 0.0391. The first-order valence-electron chi connectivity index (χ1n) is 10.9. The van der Waals surface area contributed by atoms with Crippen LogP contribution in [0.25, 0.3) is 21.0 Å². The number of morpholine rings is 1. The van der Waals surface area contributed by atoms with Crippen molar-refractivity contribution >= 4 is 55.0 Å². The highest BCUT2D eigenvalue weighted by Gasteiger charge is 2.25. The predicted octanol–water partition coefficient (Wildman–Crippen LogP) is 5.09. The van der Waals surface area contributed by atoms with E-state index in [1.165, 1.54) is 11.3 Å². The monoisotopic (exact) mass is 481 g/mol. The molecule has 0 bridgehead atoms. The average Bonchev–Trinajstić information content (AvgIpc) is 3.26. The number of carbonyl (C=O) groups is 1. The molecule has 0 saturated carbocycles. The zero-order valence-electron chi connectivity index (χ0n) is 18.3. The third kappa shape index (κ3) is 4.68. The highest BCUT2D eigenvalue weighted by Crippen LogP contribution is 2.33. The van der Waals surface area contributed by atoms with Crippen LogP contribution in [0, 0.1) is 0 Å². The van der Waals surface area contributed by atoms with E-state index in [4.69, 9.17) is 26.1 Å². The van der Waals surface area contributed by atoms with Crippen LogP contribution in [0.3, 0.4) is 0 Å². The van der Waals surface area contributed by atoms with Gasteiger partial charge in [0, 0.05) is 31.2 Å². The molecule has 1 aromatic heterocycles. The number of benzene rings is 3. The summed E-state index contributed by atoms with van der Waals surface area (Å²) in [5.41, 5.74) is 1.35. The molecule has 5 rings (SSSR count). The Kier molecular flexibility index (Phi) is 6.46. The van der Waals surface area contributed by atoms with E-state index in [1.807, 2.05) is 54.6 Å². The Morgan fingerprint density at radius 2 is 1.91 bits per heavy atom. The maximum atomic E-state index is 13.9. The minimum absolute atomic E-state index is 0.129. The smallest absolute Gasteiger partial charge is 0.263 e. The molecule has 0 spiro atoms. The molecule has 1 fully saturated rings. The molecule has 1 saturated heterocycles. The standard InChI is InChI=1S/C25H24ClN3O3S/c1-31-22-15-18-5-3-2-4-17(18)14-20(22)24(30)29(9-8-28-10-12-32-13-11-28)25-27-21-7-6-19(26)16-23(21)33-25/h2-7,14-16H,8-13H2,1H3. The highest BCUT2D eigenvalue weighted by atomic mass is 35.5. The second-order valence-electron chi connectivity index (χ2n) is 7.92. The number of amides is 1. The fraction of sp³-hybridized carbons (Fsp3) is 0.280.